The van der Waals surface area contributed by atoms with E-state index in [1.54, 1.807) is 11.9 Å². The molecule has 98 valence electrons. The number of halogens is 1. The maximum absolute atomic E-state index is 12.1. The lowest BCUT2D eigenvalue weighted by Gasteiger charge is -2.21. The van der Waals surface area contributed by atoms with Gasteiger partial charge in [0.15, 0.2) is 0 Å². The fourth-order valence-corrected chi connectivity index (χ4v) is 2.60. The Bertz CT molecular complexity index is 439. The topological polar surface area (TPSA) is 52.6 Å². The lowest BCUT2D eigenvalue weighted by Crippen LogP contribution is -2.41. The molecule has 2 unspecified atom stereocenters. The van der Waals surface area contributed by atoms with Crippen LogP contribution in [0.5, 0.6) is 0 Å². The van der Waals surface area contributed by atoms with Crippen molar-refractivity contribution in [3.63, 3.8) is 0 Å². The van der Waals surface area contributed by atoms with Crippen LogP contribution in [0, 0.1) is 0 Å². The highest BCUT2D eigenvalue weighted by Crippen LogP contribution is 2.15. The van der Waals surface area contributed by atoms with Crippen LogP contribution in [-0.4, -0.2) is 41.7 Å². The normalized spacial score (nSPS) is 23.1. The van der Waals surface area contributed by atoms with Crippen molar-refractivity contribution in [3.05, 3.63) is 34.3 Å². The molecule has 18 heavy (non-hydrogen) atoms. The van der Waals surface area contributed by atoms with E-state index in [4.69, 9.17) is 0 Å². The van der Waals surface area contributed by atoms with E-state index >= 15 is 0 Å². The molecule has 1 aliphatic rings. The molecule has 1 aromatic rings. The van der Waals surface area contributed by atoms with Crippen molar-refractivity contribution in [2.24, 2.45) is 0 Å². The predicted molar refractivity (Wildman–Crippen MR) is 73.0 cm³/mol. The lowest BCUT2D eigenvalue weighted by molar-refractivity contribution is -0.132. The van der Waals surface area contributed by atoms with Crippen LogP contribution in [0.25, 0.3) is 0 Å². The highest BCUT2D eigenvalue weighted by molar-refractivity contribution is 9.10. The van der Waals surface area contributed by atoms with Crippen molar-refractivity contribution in [1.82, 2.24) is 10.2 Å². The molecule has 4 nitrogen and oxygen atoms in total. The van der Waals surface area contributed by atoms with Gasteiger partial charge in [-0.2, -0.15) is 0 Å². The minimum Gasteiger partial charge on any atom is -0.392 e. The molecule has 0 aromatic heterocycles. The van der Waals surface area contributed by atoms with Crippen LogP contribution in [0.3, 0.4) is 0 Å². The van der Waals surface area contributed by atoms with Crippen molar-refractivity contribution < 1.29 is 9.90 Å². The second kappa shape index (κ2) is 5.82. The van der Waals surface area contributed by atoms with E-state index in [-0.39, 0.29) is 11.9 Å². The van der Waals surface area contributed by atoms with Crippen LogP contribution in [0.2, 0.25) is 0 Å². The van der Waals surface area contributed by atoms with Crippen LogP contribution >= 0.6 is 15.9 Å². The zero-order valence-corrected chi connectivity index (χ0v) is 11.9. The summed E-state index contributed by atoms with van der Waals surface area (Å²) in [5, 5.41) is 12.5. The van der Waals surface area contributed by atoms with E-state index in [0.29, 0.717) is 19.5 Å². The van der Waals surface area contributed by atoms with Crippen molar-refractivity contribution in [2.45, 2.75) is 25.1 Å². The number of aliphatic hydroxyl groups excluding tert-OH is 1. The van der Waals surface area contributed by atoms with Gasteiger partial charge in [-0.15, -0.1) is 0 Å². The molecule has 0 aliphatic carbocycles. The molecule has 1 aromatic carbocycles. The number of hydrogen-bond donors (Lipinski definition) is 2. The van der Waals surface area contributed by atoms with Crippen molar-refractivity contribution in [3.8, 4) is 0 Å². The Hall–Kier alpha value is -0.910. The standard InChI is InChI=1S/C13H17BrN2O2/c1-16(8-9-3-2-4-10(14)5-9)13(18)12-6-11(17)7-15-12/h2-5,11-12,15,17H,6-8H2,1H3. The van der Waals surface area contributed by atoms with E-state index in [1.807, 2.05) is 24.3 Å². The van der Waals surface area contributed by atoms with Gasteiger partial charge in [0, 0.05) is 24.6 Å². The Morgan fingerprint density at radius 2 is 2.39 bits per heavy atom. The summed E-state index contributed by atoms with van der Waals surface area (Å²) < 4.78 is 1.01. The molecule has 0 spiro atoms. The maximum atomic E-state index is 12.1. The minimum atomic E-state index is -0.404. The Morgan fingerprint density at radius 3 is 3.00 bits per heavy atom. The first-order valence-electron chi connectivity index (χ1n) is 5.97. The number of amides is 1. The highest BCUT2D eigenvalue weighted by Gasteiger charge is 2.29. The minimum absolute atomic E-state index is 0.0338. The van der Waals surface area contributed by atoms with Crippen molar-refractivity contribution in [2.75, 3.05) is 13.6 Å². The first kappa shape index (κ1) is 13.5. The zero-order chi connectivity index (χ0) is 13.1. The van der Waals surface area contributed by atoms with Gasteiger partial charge in [-0.25, -0.2) is 0 Å². The molecule has 0 radical (unpaired) electrons. The number of carbonyl (C=O) groups excluding carboxylic acids is 1. The van der Waals surface area contributed by atoms with Crippen LogP contribution in [0.1, 0.15) is 12.0 Å². The predicted octanol–water partition coefficient (Wildman–Crippen LogP) is 1.13. The molecule has 1 saturated heterocycles. The smallest absolute Gasteiger partial charge is 0.239 e. The molecule has 0 bridgehead atoms. The van der Waals surface area contributed by atoms with E-state index in [0.717, 1.165) is 10.0 Å². The molecule has 2 rings (SSSR count). The van der Waals surface area contributed by atoms with E-state index < -0.39 is 6.10 Å². The summed E-state index contributed by atoms with van der Waals surface area (Å²) in [4.78, 5) is 13.8. The van der Waals surface area contributed by atoms with Crippen LogP contribution < -0.4 is 5.32 Å². The number of likely N-dealkylation sites (N-methyl/N-ethyl adjacent to an activating group) is 1. The van der Waals surface area contributed by atoms with Crippen LogP contribution in [-0.2, 0) is 11.3 Å². The van der Waals surface area contributed by atoms with E-state index in [9.17, 15) is 9.90 Å². The van der Waals surface area contributed by atoms with Crippen molar-refractivity contribution in [1.29, 1.82) is 0 Å². The van der Waals surface area contributed by atoms with Gasteiger partial charge in [0.1, 0.15) is 0 Å². The molecule has 2 N–H and O–H groups in total. The third-order valence-electron chi connectivity index (χ3n) is 3.09. The largest absolute Gasteiger partial charge is 0.392 e. The maximum Gasteiger partial charge on any atom is 0.239 e. The number of hydrogen-bond acceptors (Lipinski definition) is 3. The Labute approximate surface area is 115 Å². The first-order chi connectivity index (χ1) is 8.56. The van der Waals surface area contributed by atoms with Gasteiger partial charge in [0.2, 0.25) is 5.91 Å². The molecule has 1 fully saturated rings. The summed E-state index contributed by atoms with van der Waals surface area (Å²) >= 11 is 3.41. The van der Waals surface area contributed by atoms with Gasteiger partial charge in [0.25, 0.3) is 0 Å². The third kappa shape index (κ3) is 3.31. The summed E-state index contributed by atoms with van der Waals surface area (Å²) in [5.74, 6) is 0.0338. The molecule has 1 aliphatic heterocycles. The number of nitrogens with zero attached hydrogens (tertiary/aromatic N) is 1. The zero-order valence-electron chi connectivity index (χ0n) is 10.3. The second-order valence-corrected chi connectivity index (χ2v) is 5.59. The molecular formula is C13H17BrN2O2. The van der Waals surface area contributed by atoms with Crippen molar-refractivity contribution >= 4 is 21.8 Å². The SMILES string of the molecule is CN(Cc1cccc(Br)c1)C(=O)C1CC(O)CN1. The molecule has 2 atom stereocenters. The Morgan fingerprint density at radius 1 is 1.61 bits per heavy atom. The molecule has 5 heteroatoms. The fourth-order valence-electron chi connectivity index (χ4n) is 2.16. The van der Waals surface area contributed by atoms with Crippen LogP contribution in [0.4, 0.5) is 0 Å². The van der Waals surface area contributed by atoms with Crippen LogP contribution in [0.15, 0.2) is 28.7 Å². The third-order valence-corrected chi connectivity index (χ3v) is 3.58. The average Bonchev–Trinajstić information content (AvgIpc) is 2.75. The average molecular weight is 313 g/mol. The summed E-state index contributed by atoms with van der Waals surface area (Å²) in [6.07, 6.45) is 0.0972. The molecule has 1 heterocycles. The monoisotopic (exact) mass is 312 g/mol. The highest BCUT2D eigenvalue weighted by atomic mass is 79.9. The van der Waals surface area contributed by atoms with Gasteiger partial charge in [0.05, 0.1) is 12.1 Å². The number of carbonyl (C=O) groups is 1. The molecular weight excluding hydrogens is 296 g/mol. The van der Waals surface area contributed by atoms with Gasteiger partial charge in [-0.1, -0.05) is 28.1 Å². The second-order valence-electron chi connectivity index (χ2n) is 4.67. The fraction of sp³-hybridized carbons (Fsp3) is 0.462. The molecule has 0 saturated carbocycles. The number of benzene rings is 1. The lowest BCUT2D eigenvalue weighted by atomic mass is 10.1. The summed E-state index contributed by atoms with van der Waals surface area (Å²) in [7, 11) is 1.79. The number of rotatable bonds is 3. The number of aliphatic hydroxyl groups is 1. The van der Waals surface area contributed by atoms with Gasteiger partial charge >= 0.3 is 0 Å². The number of nitrogens with one attached hydrogen (secondary N) is 1. The summed E-state index contributed by atoms with van der Waals surface area (Å²) in [5.41, 5.74) is 1.08. The first-order valence-corrected chi connectivity index (χ1v) is 6.76. The van der Waals surface area contributed by atoms with E-state index in [1.165, 1.54) is 0 Å². The summed E-state index contributed by atoms with van der Waals surface area (Å²) in [6, 6.07) is 7.65. The van der Waals surface area contributed by atoms with Gasteiger partial charge < -0.3 is 15.3 Å². The Balaban J connectivity index is 1.95. The Kier molecular flexibility index (Phi) is 4.37. The van der Waals surface area contributed by atoms with E-state index in [2.05, 4.69) is 21.2 Å². The number of β-amino-alcohol motifs (C(OH)–C–C–N with tert-alkyl or cyclic N) is 1. The van der Waals surface area contributed by atoms with Gasteiger partial charge in [-0.3, -0.25) is 4.79 Å². The summed E-state index contributed by atoms with van der Waals surface area (Å²) in [6.45, 7) is 1.08. The molecule has 1 amide bonds. The quantitative estimate of drug-likeness (QED) is 0.880. The van der Waals surface area contributed by atoms with Gasteiger partial charge in [-0.05, 0) is 24.1 Å².